The molecule has 28 heavy (non-hydrogen) atoms. The lowest BCUT2D eigenvalue weighted by Gasteiger charge is -2.18. The second-order valence-electron chi connectivity index (χ2n) is 6.25. The number of carbonyl (C=O) groups excluding carboxylic acids is 1. The minimum Gasteiger partial charge on any atom is -0.486 e. The van der Waals surface area contributed by atoms with Crippen LogP contribution in [0.2, 0.25) is 5.02 Å². The molecule has 0 aliphatic carbocycles. The summed E-state index contributed by atoms with van der Waals surface area (Å²) in [6, 6.07) is 14.1. The number of carbonyl (C=O) groups is 1. The Balaban J connectivity index is 1.40. The zero-order valence-corrected chi connectivity index (χ0v) is 15.9. The van der Waals surface area contributed by atoms with E-state index in [1.54, 1.807) is 36.4 Å². The van der Waals surface area contributed by atoms with Crippen LogP contribution >= 0.6 is 11.6 Å². The van der Waals surface area contributed by atoms with Crippen LogP contribution in [-0.2, 0) is 6.61 Å². The van der Waals surface area contributed by atoms with Crippen molar-refractivity contribution in [2.24, 2.45) is 0 Å². The van der Waals surface area contributed by atoms with Gasteiger partial charge in [0.1, 0.15) is 31.3 Å². The Bertz CT molecular complexity index is 994. The molecule has 0 saturated heterocycles. The van der Waals surface area contributed by atoms with E-state index in [1.807, 2.05) is 19.1 Å². The summed E-state index contributed by atoms with van der Waals surface area (Å²) in [4.78, 5) is 12.4. The van der Waals surface area contributed by atoms with Gasteiger partial charge >= 0.3 is 0 Å². The Morgan fingerprint density at radius 1 is 1.11 bits per heavy atom. The molecule has 0 atom stereocenters. The van der Waals surface area contributed by atoms with Crippen LogP contribution in [0.3, 0.4) is 0 Å². The molecule has 1 aliphatic heterocycles. The van der Waals surface area contributed by atoms with Crippen molar-refractivity contribution in [2.75, 3.05) is 18.5 Å². The molecule has 1 aliphatic rings. The third-order valence-corrected chi connectivity index (χ3v) is 4.51. The summed E-state index contributed by atoms with van der Waals surface area (Å²) >= 11 is 6.15. The normalized spacial score (nSPS) is 12.5. The quantitative estimate of drug-likeness (QED) is 0.664. The maximum Gasteiger partial charge on any atom is 0.291 e. The van der Waals surface area contributed by atoms with E-state index >= 15 is 0 Å². The average Bonchev–Trinajstić information content (AvgIpc) is 3.17. The summed E-state index contributed by atoms with van der Waals surface area (Å²) in [7, 11) is 0. The lowest BCUT2D eigenvalue weighted by molar-refractivity contribution is 0.0992. The molecular weight excluding hydrogens is 382 g/mol. The molecule has 0 spiro atoms. The van der Waals surface area contributed by atoms with Gasteiger partial charge < -0.3 is 23.9 Å². The number of halogens is 1. The van der Waals surface area contributed by atoms with Gasteiger partial charge in [-0.05, 0) is 42.8 Å². The Morgan fingerprint density at radius 3 is 2.75 bits per heavy atom. The second-order valence-corrected chi connectivity index (χ2v) is 6.66. The van der Waals surface area contributed by atoms with E-state index in [9.17, 15) is 4.79 Å². The molecule has 144 valence electrons. The fourth-order valence-electron chi connectivity index (χ4n) is 2.83. The third kappa shape index (κ3) is 3.92. The number of anilines is 1. The van der Waals surface area contributed by atoms with Gasteiger partial charge in [0.2, 0.25) is 0 Å². The molecule has 0 bridgehead atoms. The molecule has 0 saturated carbocycles. The molecule has 0 unspecified atom stereocenters. The number of para-hydroxylation sites is 1. The predicted molar refractivity (Wildman–Crippen MR) is 105 cm³/mol. The smallest absolute Gasteiger partial charge is 0.291 e. The molecule has 4 rings (SSSR count). The van der Waals surface area contributed by atoms with Gasteiger partial charge in [-0.15, -0.1) is 0 Å². The van der Waals surface area contributed by atoms with Crippen LogP contribution < -0.4 is 19.5 Å². The largest absolute Gasteiger partial charge is 0.486 e. The van der Waals surface area contributed by atoms with E-state index in [4.69, 9.17) is 30.2 Å². The van der Waals surface area contributed by atoms with E-state index in [2.05, 4.69) is 5.32 Å². The molecule has 2 heterocycles. The van der Waals surface area contributed by atoms with Crippen molar-refractivity contribution in [1.29, 1.82) is 0 Å². The lowest BCUT2D eigenvalue weighted by atomic mass is 10.2. The number of fused-ring (bicyclic) bond motifs is 1. The van der Waals surface area contributed by atoms with Gasteiger partial charge in [0.05, 0.1) is 5.02 Å². The van der Waals surface area contributed by atoms with Crippen molar-refractivity contribution in [3.05, 3.63) is 70.6 Å². The number of ether oxygens (including phenoxy) is 3. The number of aryl methyl sites for hydroxylation is 1. The average molecular weight is 400 g/mol. The zero-order chi connectivity index (χ0) is 19.5. The highest BCUT2D eigenvalue weighted by Gasteiger charge is 2.16. The van der Waals surface area contributed by atoms with E-state index < -0.39 is 0 Å². The van der Waals surface area contributed by atoms with Crippen molar-refractivity contribution in [3.8, 4) is 17.2 Å². The molecule has 1 N–H and O–H groups in total. The fourth-order valence-corrected chi connectivity index (χ4v) is 3.11. The van der Waals surface area contributed by atoms with Crippen LogP contribution in [0, 0.1) is 6.92 Å². The van der Waals surface area contributed by atoms with Gasteiger partial charge in [0.25, 0.3) is 5.91 Å². The second kappa shape index (κ2) is 7.86. The Hall–Kier alpha value is -3.12. The Kier molecular flexibility index (Phi) is 5.12. The van der Waals surface area contributed by atoms with E-state index in [0.717, 1.165) is 5.56 Å². The molecule has 0 fully saturated rings. The highest BCUT2D eigenvalue weighted by atomic mass is 35.5. The molecule has 3 aromatic rings. The molecule has 6 nitrogen and oxygen atoms in total. The highest BCUT2D eigenvalue weighted by molar-refractivity contribution is 6.32. The monoisotopic (exact) mass is 399 g/mol. The first-order valence-corrected chi connectivity index (χ1v) is 9.15. The van der Waals surface area contributed by atoms with Crippen molar-refractivity contribution in [3.63, 3.8) is 0 Å². The van der Waals surface area contributed by atoms with Gasteiger partial charge in [-0.25, -0.2) is 0 Å². The first-order chi connectivity index (χ1) is 13.6. The summed E-state index contributed by atoms with van der Waals surface area (Å²) in [5.41, 5.74) is 1.52. The predicted octanol–water partition coefficient (Wildman–Crippen LogP) is 4.84. The highest BCUT2D eigenvalue weighted by Crippen LogP contribution is 2.33. The van der Waals surface area contributed by atoms with Gasteiger partial charge in [-0.2, -0.15) is 0 Å². The van der Waals surface area contributed by atoms with Crippen LogP contribution in [0.15, 0.2) is 52.9 Å². The summed E-state index contributed by atoms with van der Waals surface area (Å²) < 4.78 is 22.3. The lowest BCUT2D eigenvalue weighted by Crippen LogP contribution is -2.16. The van der Waals surface area contributed by atoms with E-state index in [-0.39, 0.29) is 18.3 Å². The summed E-state index contributed by atoms with van der Waals surface area (Å²) in [6.45, 7) is 3.08. The number of amides is 1. The Labute approximate surface area is 167 Å². The standard InChI is InChI=1S/C21H18ClNO5/c1-13-3-2-4-16(22)20(13)27-12-15-6-8-18(28-15)21(24)23-14-5-7-17-19(11-14)26-10-9-25-17/h2-8,11H,9-10,12H2,1H3,(H,23,24). The van der Waals surface area contributed by atoms with Gasteiger partial charge in [0, 0.05) is 11.8 Å². The fraction of sp³-hybridized carbons (Fsp3) is 0.190. The number of hydrogen-bond acceptors (Lipinski definition) is 5. The van der Waals surface area contributed by atoms with Crippen LogP contribution in [0.4, 0.5) is 5.69 Å². The van der Waals surface area contributed by atoms with Gasteiger partial charge in [0.15, 0.2) is 17.3 Å². The van der Waals surface area contributed by atoms with Crippen LogP contribution in [0.1, 0.15) is 21.9 Å². The Morgan fingerprint density at radius 2 is 1.93 bits per heavy atom. The number of rotatable bonds is 5. The first-order valence-electron chi connectivity index (χ1n) is 8.78. The summed E-state index contributed by atoms with van der Waals surface area (Å²) in [5, 5.41) is 3.31. The summed E-state index contributed by atoms with van der Waals surface area (Å²) in [6.07, 6.45) is 0. The maximum absolute atomic E-state index is 12.4. The third-order valence-electron chi connectivity index (χ3n) is 4.21. The molecule has 2 aromatic carbocycles. The van der Waals surface area contributed by atoms with Crippen molar-refractivity contribution >= 4 is 23.2 Å². The molecule has 1 aromatic heterocycles. The minimum absolute atomic E-state index is 0.169. The molecule has 7 heteroatoms. The maximum atomic E-state index is 12.4. The number of benzene rings is 2. The van der Waals surface area contributed by atoms with E-state index in [0.29, 0.717) is 46.9 Å². The van der Waals surface area contributed by atoms with Gasteiger partial charge in [-0.3, -0.25) is 4.79 Å². The number of furan rings is 1. The van der Waals surface area contributed by atoms with Crippen LogP contribution in [0.25, 0.3) is 0 Å². The van der Waals surface area contributed by atoms with Crippen LogP contribution in [0.5, 0.6) is 17.2 Å². The molecule has 1 amide bonds. The first kappa shape index (κ1) is 18.3. The van der Waals surface area contributed by atoms with Gasteiger partial charge in [-0.1, -0.05) is 23.7 Å². The minimum atomic E-state index is -0.364. The number of hydrogen-bond donors (Lipinski definition) is 1. The SMILES string of the molecule is Cc1cccc(Cl)c1OCc1ccc(C(=O)Nc2ccc3c(c2)OCCO3)o1. The molecule has 0 radical (unpaired) electrons. The topological polar surface area (TPSA) is 69.9 Å². The molecular formula is C21H18ClNO5. The number of nitrogens with one attached hydrogen (secondary N) is 1. The van der Waals surface area contributed by atoms with E-state index in [1.165, 1.54) is 0 Å². The summed E-state index contributed by atoms with van der Waals surface area (Å²) in [5.74, 6) is 2.21. The van der Waals surface area contributed by atoms with Crippen LogP contribution in [-0.4, -0.2) is 19.1 Å². The zero-order valence-electron chi connectivity index (χ0n) is 15.2. The van der Waals surface area contributed by atoms with Crippen molar-refractivity contribution in [2.45, 2.75) is 13.5 Å². The van der Waals surface area contributed by atoms with Crippen molar-refractivity contribution in [1.82, 2.24) is 0 Å². The van der Waals surface area contributed by atoms with Crippen molar-refractivity contribution < 1.29 is 23.4 Å².